The molecule has 7 heteroatoms. The van der Waals surface area contributed by atoms with Crippen LogP contribution in [-0.4, -0.2) is 31.4 Å². The maximum absolute atomic E-state index is 10.0. The van der Waals surface area contributed by atoms with Gasteiger partial charge in [0.15, 0.2) is 0 Å². The van der Waals surface area contributed by atoms with Crippen molar-refractivity contribution in [2.75, 3.05) is 5.32 Å². The zero-order valence-corrected chi connectivity index (χ0v) is 5.85. The van der Waals surface area contributed by atoms with Gasteiger partial charge in [-0.3, -0.25) is 5.32 Å². The molecule has 11 heavy (non-hydrogen) atoms. The van der Waals surface area contributed by atoms with Crippen LogP contribution in [0.1, 0.15) is 6.92 Å². The molecular weight excluding hydrogens is 150 g/mol. The molecule has 0 aliphatic rings. The number of tetrazole rings is 1. The molecule has 7 nitrogen and oxygen atoms in total. The zero-order valence-electron chi connectivity index (χ0n) is 5.85. The number of amides is 1. The number of nitrogens with zero attached hydrogens (tertiary/aromatic N) is 4. The zero-order chi connectivity index (χ0) is 8.27. The van der Waals surface area contributed by atoms with Crippen molar-refractivity contribution in [3.63, 3.8) is 0 Å². The lowest BCUT2D eigenvalue weighted by Gasteiger charge is -1.89. The molecule has 1 amide bonds. The first-order valence-electron chi connectivity index (χ1n) is 3.00. The predicted octanol–water partition coefficient (Wildman–Crippen LogP) is -0.217. The van der Waals surface area contributed by atoms with Gasteiger partial charge < -0.3 is 5.11 Å². The number of nitrogens with one attached hydrogen (secondary N) is 1. The lowest BCUT2D eigenvalue weighted by atomic mass is 10.8. The summed E-state index contributed by atoms with van der Waals surface area (Å²) in [7, 11) is 0. The van der Waals surface area contributed by atoms with E-state index < -0.39 is 6.09 Å². The van der Waals surface area contributed by atoms with Gasteiger partial charge in [-0.05, 0) is 12.1 Å². The fourth-order valence-electron chi connectivity index (χ4n) is 0.523. The van der Waals surface area contributed by atoms with Crippen LogP contribution in [0, 0.1) is 0 Å². The summed E-state index contributed by atoms with van der Waals surface area (Å²) >= 11 is 0. The number of anilines is 1. The summed E-state index contributed by atoms with van der Waals surface area (Å²) in [5, 5.41) is 20.8. The molecular formula is C4H7N5O2. The Morgan fingerprint density at radius 2 is 2.55 bits per heavy atom. The Labute approximate surface area is 62.0 Å². The van der Waals surface area contributed by atoms with Crippen molar-refractivity contribution in [3.05, 3.63) is 0 Å². The highest BCUT2D eigenvalue weighted by atomic mass is 16.4. The topological polar surface area (TPSA) is 92.9 Å². The monoisotopic (exact) mass is 157 g/mol. The van der Waals surface area contributed by atoms with E-state index in [1.165, 1.54) is 4.80 Å². The van der Waals surface area contributed by atoms with Crippen molar-refractivity contribution >= 4 is 12.0 Å². The largest absolute Gasteiger partial charge is 0.465 e. The smallest absolute Gasteiger partial charge is 0.411 e. The third kappa shape index (κ3) is 1.88. The number of hydrogen-bond acceptors (Lipinski definition) is 4. The van der Waals surface area contributed by atoms with Crippen LogP contribution in [0.25, 0.3) is 0 Å². The Morgan fingerprint density at radius 1 is 1.82 bits per heavy atom. The van der Waals surface area contributed by atoms with Gasteiger partial charge in [0.1, 0.15) is 0 Å². The summed E-state index contributed by atoms with van der Waals surface area (Å²) in [6, 6.07) is 0. The summed E-state index contributed by atoms with van der Waals surface area (Å²) in [6.45, 7) is 2.39. The molecule has 0 aliphatic carbocycles. The third-order valence-corrected chi connectivity index (χ3v) is 0.954. The van der Waals surface area contributed by atoms with Crippen molar-refractivity contribution in [1.29, 1.82) is 0 Å². The number of aromatic nitrogens is 4. The molecule has 1 heterocycles. The summed E-state index contributed by atoms with van der Waals surface area (Å²) in [4.78, 5) is 11.3. The van der Waals surface area contributed by atoms with E-state index in [-0.39, 0.29) is 5.95 Å². The Morgan fingerprint density at radius 3 is 3.00 bits per heavy atom. The maximum atomic E-state index is 10.0. The second kappa shape index (κ2) is 2.95. The van der Waals surface area contributed by atoms with Crippen molar-refractivity contribution in [1.82, 2.24) is 20.2 Å². The Balaban J connectivity index is 2.65. The number of rotatable bonds is 2. The molecule has 0 bridgehead atoms. The first-order valence-corrected chi connectivity index (χ1v) is 3.00. The molecule has 60 valence electrons. The van der Waals surface area contributed by atoms with E-state index in [0.29, 0.717) is 6.54 Å². The van der Waals surface area contributed by atoms with Crippen LogP contribution >= 0.6 is 0 Å². The van der Waals surface area contributed by atoms with Gasteiger partial charge in [-0.15, -0.1) is 5.10 Å². The van der Waals surface area contributed by atoms with Crippen molar-refractivity contribution in [2.45, 2.75) is 13.5 Å². The third-order valence-electron chi connectivity index (χ3n) is 0.954. The second-order valence-electron chi connectivity index (χ2n) is 1.73. The van der Waals surface area contributed by atoms with Crippen LogP contribution < -0.4 is 5.32 Å². The van der Waals surface area contributed by atoms with Gasteiger partial charge in [0.25, 0.3) is 5.95 Å². The molecule has 0 atom stereocenters. The number of hydrogen-bond donors (Lipinski definition) is 2. The highest BCUT2D eigenvalue weighted by Gasteiger charge is 2.02. The molecule has 0 radical (unpaired) electrons. The van der Waals surface area contributed by atoms with Gasteiger partial charge in [0, 0.05) is 0 Å². The molecule has 0 unspecified atom stereocenters. The van der Waals surface area contributed by atoms with E-state index in [9.17, 15) is 4.79 Å². The first kappa shape index (κ1) is 7.45. The normalized spacial score (nSPS) is 9.55. The first-order chi connectivity index (χ1) is 5.22. The molecule has 1 aromatic rings. The predicted molar refractivity (Wildman–Crippen MR) is 35.1 cm³/mol. The van der Waals surface area contributed by atoms with Gasteiger partial charge in [-0.1, -0.05) is 5.10 Å². The van der Waals surface area contributed by atoms with Gasteiger partial charge in [0.2, 0.25) is 0 Å². The number of aryl methyl sites for hydroxylation is 1. The molecule has 2 N–H and O–H groups in total. The van der Waals surface area contributed by atoms with E-state index >= 15 is 0 Å². The lowest BCUT2D eigenvalue weighted by molar-refractivity contribution is 0.209. The molecule has 0 spiro atoms. The SMILES string of the molecule is CCn1nnc(NC(=O)O)n1. The molecule has 0 aliphatic heterocycles. The molecule has 0 fully saturated rings. The Bertz CT molecular complexity index is 257. The van der Waals surface area contributed by atoms with E-state index in [1.54, 1.807) is 0 Å². The van der Waals surface area contributed by atoms with Crippen LogP contribution in [0.3, 0.4) is 0 Å². The highest BCUT2D eigenvalue weighted by Crippen LogP contribution is 1.91. The maximum Gasteiger partial charge on any atom is 0.411 e. The van der Waals surface area contributed by atoms with Crippen LogP contribution in [0.5, 0.6) is 0 Å². The molecule has 0 saturated heterocycles. The van der Waals surface area contributed by atoms with Crippen LogP contribution in [0.2, 0.25) is 0 Å². The van der Waals surface area contributed by atoms with E-state index in [4.69, 9.17) is 5.11 Å². The molecule has 0 aromatic carbocycles. The molecule has 1 rings (SSSR count). The van der Waals surface area contributed by atoms with Crippen molar-refractivity contribution < 1.29 is 9.90 Å². The minimum absolute atomic E-state index is 0.000602. The Hall–Kier alpha value is -1.66. The number of carbonyl (C=O) groups is 1. The van der Waals surface area contributed by atoms with E-state index in [1.807, 2.05) is 12.2 Å². The standard InChI is InChI=1S/C4H7N5O2/c1-2-9-7-3(6-8-9)5-4(10)11/h2H2,1H3,(H,5,7)(H,10,11). The minimum atomic E-state index is -1.19. The lowest BCUT2D eigenvalue weighted by Crippen LogP contribution is -2.09. The summed E-state index contributed by atoms with van der Waals surface area (Å²) in [5.74, 6) is -0.000602. The second-order valence-corrected chi connectivity index (χ2v) is 1.73. The van der Waals surface area contributed by atoms with E-state index in [2.05, 4.69) is 15.4 Å². The average molecular weight is 157 g/mol. The average Bonchev–Trinajstić information content (AvgIpc) is 2.34. The van der Waals surface area contributed by atoms with Crippen LogP contribution in [0.4, 0.5) is 10.7 Å². The fraction of sp³-hybridized carbons (Fsp3) is 0.500. The summed E-state index contributed by atoms with van der Waals surface area (Å²) in [6.07, 6.45) is -1.19. The molecule has 0 saturated carbocycles. The van der Waals surface area contributed by atoms with Gasteiger partial charge >= 0.3 is 6.09 Å². The van der Waals surface area contributed by atoms with Crippen molar-refractivity contribution in [2.24, 2.45) is 0 Å². The van der Waals surface area contributed by atoms with Crippen LogP contribution in [0.15, 0.2) is 0 Å². The minimum Gasteiger partial charge on any atom is -0.465 e. The van der Waals surface area contributed by atoms with Crippen LogP contribution in [-0.2, 0) is 6.54 Å². The van der Waals surface area contributed by atoms with Gasteiger partial charge in [-0.25, -0.2) is 4.79 Å². The highest BCUT2D eigenvalue weighted by molar-refractivity contribution is 5.79. The summed E-state index contributed by atoms with van der Waals surface area (Å²) in [5.41, 5.74) is 0. The van der Waals surface area contributed by atoms with Crippen molar-refractivity contribution in [3.8, 4) is 0 Å². The van der Waals surface area contributed by atoms with E-state index in [0.717, 1.165) is 0 Å². The fourth-order valence-corrected chi connectivity index (χ4v) is 0.523. The number of carboxylic acid groups (broad SMARTS) is 1. The quantitative estimate of drug-likeness (QED) is 0.619. The summed E-state index contributed by atoms with van der Waals surface area (Å²) < 4.78 is 0. The Kier molecular flexibility index (Phi) is 2.00. The van der Waals surface area contributed by atoms with Gasteiger partial charge in [-0.2, -0.15) is 4.80 Å². The molecule has 1 aromatic heterocycles. The van der Waals surface area contributed by atoms with Gasteiger partial charge in [0.05, 0.1) is 6.54 Å².